The average molecular weight is 484 g/mol. The minimum atomic E-state index is -0.322. The van der Waals surface area contributed by atoms with Crippen LogP contribution in [0.4, 0.5) is 5.69 Å². The van der Waals surface area contributed by atoms with E-state index in [1.807, 2.05) is 97.1 Å². The van der Waals surface area contributed by atoms with E-state index in [0.717, 1.165) is 33.7 Å². The van der Waals surface area contributed by atoms with Gasteiger partial charge in [0.15, 0.2) is 5.69 Å². The topological polar surface area (TPSA) is 92.8 Å². The van der Waals surface area contributed by atoms with Gasteiger partial charge >= 0.3 is 0 Å². The molecule has 3 aromatic carbocycles. The molecule has 1 amide bonds. The number of aromatic nitrogens is 4. The van der Waals surface area contributed by atoms with Gasteiger partial charge in [0.25, 0.3) is 5.91 Å². The maximum atomic E-state index is 13.1. The molecule has 0 aliphatic carbocycles. The first-order valence-electron chi connectivity index (χ1n) is 11.7. The number of hydrogen-bond donors (Lipinski definition) is 2. The van der Waals surface area contributed by atoms with Crippen LogP contribution in [-0.2, 0) is 0 Å². The number of hydrogen-bond acceptors (Lipinski definition) is 5. The maximum absolute atomic E-state index is 13.1. The van der Waals surface area contributed by atoms with Crippen LogP contribution in [-0.4, -0.2) is 26.1 Å². The number of carbonyl (C=O) groups is 1. The number of anilines is 1. The molecule has 0 radical (unpaired) electrons. The highest BCUT2D eigenvalue weighted by Gasteiger charge is 2.16. The van der Waals surface area contributed by atoms with Gasteiger partial charge in [-0.3, -0.25) is 19.9 Å². The molecule has 6 rings (SSSR count). The van der Waals surface area contributed by atoms with Crippen LogP contribution in [0.15, 0.2) is 116 Å². The van der Waals surface area contributed by atoms with Crippen LogP contribution in [0.2, 0.25) is 0 Å². The van der Waals surface area contributed by atoms with Gasteiger partial charge < -0.3 is 10.1 Å². The average Bonchev–Trinajstić information content (AvgIpc) is 3.38. The van der Waals surface area contributed by atoms with Crippen molar-refractivity contribution in [1.29, 1.82) is 0 Å². The summed E-state index contributed by atoms with van der Waals surface area (Å²) < 4.78 is 5.93. The van der Waals surface area contributed by atoms with Crippen LogP contribution in [0, 0.1) is 0 Å². The van der Waals surface area contributed by atoms with Gasteiger partial charge in [0.1, 0.15) is 11.5 Å². The number of nitrogens with zero attached hydrogens (tertiary/aromatic N) is 3. The fourth-order valence-electron chi connectivity index (χ4n) is 4.06. The lowest BCUT2D eigenvalue weighted by Gasteiger charge is -2.08. The molecule has 2 N–H and O–H groups in total. The fourth-order valence-corrected chi connectivity index (χ4v) is 4.06. The van der Waals surface area contributed by atoms with E-state index in [9.17, 15) is 4.79 Å². The Balaban J connectivity index is 1.24. The highest BCUT2D eigenvalue weighted by atomic mass is 16.5. The molecule has 0 saturated carbocycles. The first kappa shape index (κ1) is 22.2. The number of fused-ring (bicyclic) bond motifs is 1. The third-order valence-electron chi connectivity index (χ3n) is 5.89. The normalized spacial score (nSPS) is 10.8. The largest absolute Gasteiger partial charge is 0.456 e. The Bertz CT molecular complexity index is 1680. The van der Waals surface area contributed by atoms with Gasteiger partial charge in [0, 0.05) is 22.7 Å². The van der Waals surface area contributed by atoms with E-state index in [1.54, 1.807) is 18.6 Å². The minimum Gasteiger partial charge on any atom is -0.456 e. The van der Waals surface area contributed by atoms with Gasteiger partial charge in [0.2, 0.25) is 0 Å². The van der Waals surface area contributed by atoms with E-state index in [1.165, 1.54) is 0 Å². The second kappa shape index (κ2) is 9.75. The first-order chi connectivity index (χ1) is 18.2. The molecule has 0 saturated heterocycles. The van der Waals surface area contributed by atoms with Crippen LogP contribution < -0.4 is 10.1 Å². The molecule has 3 aromatic heterocycles. The standard InChI is InChI=1S/C30H21N5O2/c36-30(33-23-12-14-27(32-18-23)20-7-3-1-4-8-20)29-26-16-21(11-13-28(26)34-35-29)22-15-25(19-31-17-22)37-24-9-5-2-6-10-24/h1-19H,(H,33,36)(H,34,35). The van der Waals surface area contributed by atoms with Gasteiger partial charge in [-0.05, 0) is 48.0 Å². The molecule has 3 heterocycles. The zero-order chi connectivity index (χ0) is 25.0. The third kappa shape index (κ3) is 4.78. The number of carbonyl (C=O) groups excluding carboxylic acids is 1. The van der Waals surface area contributed by atoms with E-state index in [-0.39, 0.29) is 5.91 Å². The van der Waals surface area contributed by atoms with E-state index in [2.05, 4.69) is 25.5 Å². The number of pyridine rings is 2. The second-order valence-electron chi connectivity index (χ2n) is 8.41. The predicted octanol–water partition coefficient (Wildman–Crippen LogP) is 6.73. The minimum absolute atomic E-state index is 0.300. The quantitative estimate of drug-likeness (QED) is 0.274. The number of nitrogens with one attached hydrogen (secondary N) is 2. The van der Waals surface area contributed by atoms with Crippen LogP contribution in [0.25, 0.3) is 33.3 Å². The van der Waals surface area contributed by atoms with Gasteiger partial charge in [-0.1, -0.05) is 54.6 Å². The smallest absolute Gasteiger partial charge is 0.276 e. The number of rotatable bonds is 6. The fraction of sp³-hybridized carbons (Fsp3) is 0. The lowest BCUT2D eigenvalue weighted by atomic mass is 10.0. The second-order valence-corrected chi connectivity index (χ2v) is 8.41. The molecule has 0 fully saturated rings. The van der Waals surface area contributed by atoms with Crippen LogP contribution in [0.5, 0.6) is 11.5 Å². The van der Waals surface area contributed by atoms with Crippen molar-refractivity contribution < 1.29 is 9.53 Å². The van der Waals surface area contributed by atoms with E-state index in [4.69, 9.17) is 4.74 Å². The number of H-pyrrole nitrogens is 1. The van der Waals surface area contributed by atoms with Crippen LogP contribution >= 0.6 is 0 Å². The lowest BCUT2D eigenvalue weighted by Crippen LogP contribution is -2.13. The monoisotopic (exact) mass is 483 g/mol. The molecule has 0 aliphatic rings. The Morgan fingerprint density at radius 3 is 2.32 bits per heavy atom. The van der Waals surface area contributed by atoms with Crippen LogP contribution in [0.3, 0.4) is 0 Å². The number of para-hydroxylation sites is 1. The number of ether oxygens (including phenoxy) is 1. The molecule has 178 valence electrons. The summed E-state index contributed by atoms with van der Waals surface area (Å²) in [6, 6.07) is 30.8. The van der Waals surface area contributed by atoms with Crippen molar-refractivity contribution in [3.05, 3.63) is 121 Å². The Hall–Kier alpha value is -5.30. The predicted molar refractivity (Wildman–Crippen MR) is 143 cm³/mol. The van der Waals surface area contributed by atoms with E-state index < -0.39 is 0 Å². The van der Waals surface area contributed by atoms with Gasteiger partial charge in [0.05, 0.1) is 29.3 Å². The highest BCUT2D eigenvalue weighted by Crippen LogP contribution is 2.29. The molecule has 7 heteroatoms. The Kier molecular flexibility index (Phi) is 5.85. The zero-order valence-electron chi connectivity index (χ0n) is 19.6. The maximum Gasteiger partial charge on any atom is 0.276 e. The molecular formula is C30H21N5O2. The number of amides is 1. The van der Waals surface area contributed by atoms with Crippen molar-refractivity contribution in [3.8, 4) is 33.9 Å². The molecule has 7 nitrogen and oxygen atoms in total. The third-order valence-corrected chi connectivity index (χ3v) is 5.89. The first-order valence-corrected chi connectivity index (χ1v) is 11.7. The molecule has 0 atom stereocenters. The van der Waals surface area contributed by atoms with Gasteiger partial charge in [-0.15, -0.1) is 0 Å². The summed E-state index contributed by atoms with van der Waals surface area (Å²) in [7, 11) is 0. The van der Waals surface area contributed by atoms with Gasteiger partial charge in [-0.2, -0.15) is 5.10 Å². The highest BCUT2D eigenvalue weighted by molar-refractivity contribution is 6.11. The molecular weight excluding hydrogens is 462 g/mol. The van der Waals surface area contributed by atoms with Crippen molar-refractivity contribution in [2.45, 2.75) is 0 Å². The molecule has 37 heavy (non-hydrogen) atoms. The Morgan fingerprint density at radius 2 is 1.54 bits per heavy atom. The summed E-state index contributed by atoms with van der Waals surface area (Å²) in [5.41, 5.74) is 5.25. The molecule has 0 unspecified atom stereocenters. The Labute approximate surface area is 212 Å². The summed E-state index contributed by atoms with van der Waals surface area (Å²) in [4.78, 5) is 21.9. The number of benzene rings is 3. The zero-order valence-corrected chi connectivity index (χ0v) is 19.6. The van der Waals surface area contributed by atoms with Crippen LogP contribution in [0.1, 0.15) is 10.5 Å². The summed E-state index contributed by atoms with van der Waals surface area (Å²) in [6.07, 6.45) is 5.08. The lowest BCUT2D eigenvalue weighted by molar-refractivity contribution is 0.102. The summed E-state index contributed by atoms with van der Waals surface area (Å²) in [6.45, 7) is 0. The van der Waals surface area contributed by atoms with E-state index in [0.29, 0.717) is 22.5 Å². The molecule has 0 bridgehead atoms. The summed E-state index contributed by atoms with van der Waals surface area (Å²) in [5, 5.41) is 10.8. The van der Waals surface area contributed by atoms with Gasteiger partial charge in [-0.25, -0.2) is 0 Å². The summed E-state index contributed by atoms with van der Waals surface area (Å²) >= 11 is 0. The molecule has 6 aromatic rings. The van der Waals surface area contributed by atoms with E-state index >= 15 is 0 Å². The van der Waals surface area contributed by atoms with Crippen molar-refractivity contribution in [3.63, 3.8) is 0 Å². The van der Waals surface area contributed by atoms with Crippen molar-refractivity contribution in [1.82, 2.24) is 20.2 Å². The Morgan fingerprint density at radius 1 is 0.730 bits per heavy atom. The van der Waals surface area contributed by atoms with Crippen molar-refractivity contribution in [2.75, 3.05) is 5.32 Å². The summed E-state index contributed by atoms with van der Waals surface area (Å²) in [5.74, 6) is 1.04. The van der Waals surface area contributed by atoms with Crippen molar-refractivity contribution >= 4 is 22.5 Å². The molecule has 0 spiro atoms. The number of aromatic amines is 1. The van der Waals surface area contributed by atoms with Crippen molar-refractivity contribution in [2.24, 2.45) is 0 Å². The molecule has 0 aliphatic heterocycles. The SMILES string of the molecule is O=C(Nc1ccc(-c2ccccc2)nc1)c1n[nH]c2ccc(-c3cncc(Oc4ccccc4)c3)cc12.